The first kappa shape index (κ1) is 17.4. The Hall–Kier alpha value is -1.92. The Kier molecular flexibility index (Phi) is 5.06. The van der Waals surface area contributed by atoms with Crippen LogP contribution in [0.1, 0.15) is 35.7 Å². The highest BCUT2D eigenvalue weighted by atomic mass is 35.5. The van der Waals surface area contributed by atoms with Crippen LogP contribution in [-0.4, -0.2) is 32.8 Å². The van der Waals surface area contributed by atoms with E-state index in [2.05, 4.69) is 15.4 Å². The maximum atomic E-state index is 12.5. The highest BCUT2D eigenvalue weighted by molar-refractivity contribution is 5.95. The standard InChI is InChI=1S/C16H21N5O.ClH/c1-11-7-12(3-6-14(11)21-10-18-9-19-21)15(22)20-16(2,8-17)13-4-5-13;/h3,6-7,9-10,13H,4-5,8,17H2,1-2H3,(H,20,22);1H. The van der Waals surface area contributed by atoms with E-state index in [0.29, 0.717) is 18.0 Å². The summed E-state index contributed by atoms with van der Waals surface area (Å²) in [5.41, 5.74) is 8.08. The van der Waals surface area contributed by atoms with Crippen LogP contribution in [0.15, 0.2) is 30.9 Å². The molecule has 7 heteroatoms. The molecule has 6 nitrogen and oxygen atoms in total. The van der Waals surface area contributed by atoms with Gasteiger partial charge in [-0.15, -0.1) is 12.4 Å². The summed E-state index contributed by atoms with van der Waals surface area (Å²) >= 11 is 0. The SMILES string of the molecule is Cc1cc(C(=O)NC(C)(CN)C2CC2)ccc1-n1cncn1.Cl. The third-order valence-electron chi connectivity index (χ3n) is 4.43. The molecule has 0 spiro atoms. The molecule has 1 aliphatic rings. The van der Waals surface area contributed by atoms with E-state index in [-0.39, 0.29) is 23.9 Å². The topological polar surface area (TPSA) is 85.8 Å². The molecule has 1 aromatic heterocycles. The van der Waals surface area contributed by atoms with Gasteiger partial charge in [-0.3, -0.25) is 4.79 Å². The van der Waals surface area contributed by atoms with Gasteiger partial charge >= 0.3 is 0 Å². The summed E-state index contributed by atoms with van der Waals surface area (Å²) in [5, 5.41) is 7.22. The van der Waals surface area contributed by atoms with Gasteiger partial charge in [0.25, 0.3) is 5.91 Å². The Morgan fingerprint density at radius 3 is 2.74 bits per heavy atom. The summed E-state index contributed by atoms with van der Waals surface area (Å²) < 4.78 is 1.69. The van der Waals surface area contributed by atoms with Crippen molar-refractivity contribution < 1.29 is 4.79 Å². The lowest BCUT2D eigenvalue weighted by Crippen LogP contribution is -2.53. The van der Waals surface area contributed by atoms with E-state index in [1.54, 1.807) is 11.0 Å². The van der Waals surface area contributed by atoms with E-state index in [1.165, 1.54) is 6.33 Å². The number of nitrogens with zero attached hydrogens (tertiary/aromatic N) is 3. The number of nitrogens with two attached hydrogens (primary N) is 1. The normalized spacial score (nSPS) is 16.3. The van der Waals surface area contributed by atoms with Crippen LogP contribution in [0.3, 0.4) is 0 Å². The predicted molar refractivity (Wildman–Crippen MR) is 91.0 cm³/mol. The van der Waals surface area contributed by atoms with Crippen molar-refractivity contribution in [2.75, 3.05) is 6.54 Å². The Bertz CT molecular complexity index is 684. The number of hydrogen-bond acceptors (Lipinski definition) is 4. The average Bonchev–Trinajstić information content (AvgIpc) is 3.24. The molecule has 1 heterocycles. The molecule has 0 radical (unpaired) electrons. The van der Waals surface area contributed by atoms with Gasteiger partial charge in [-0.2, -0.15) is 5.10 Å². The zero-order valence-corrected chi connectivity index (χ0v) is 14.1. The molecule has 1 aromatic carbocycles. The minimum atomic E-state index is -0.310. The van der Waals surface area contributed by atoms with Crippen molar-refractivity contribution in [1.29, 1.82) is 0 Å². The number of halogens is 1. The fourth-order valence-corrected chi connectivity index (χ4v) is 2.76. The highest BCUT2D eigenvalue weighted by Gasteiger charge is 2.41. The summed E-state index contributed by atoms with van der Waals surface area (Å²) in [4.78, 5) is 16.4. The van der Waals surface area contributed by atoms with Gasteiger partial charge in [0.2, 0.25) is 0 Å². The van der Waals surface area contributed by atoms with Crippen LogP contribution < -0.4 is 11.1 Å². The van der Waals surface area contributed by atoms with E-state index in [9.17, 15) is 4.79 Å². The van der Waals surface area contributed by atoms with E-state index < -0.39 is 0 Å². The largest absolute Gasteiger partial charge is 0.345 e. The van der Waals surface area contributed by atoms with Crippen molar-refractivity contribution in [2.24, 2.45) is 11.7 Å². The van der Waals surface area contributed by atoms with Gasteiger partial charge in [-0.05, 0) is 56.4 Å². The van der Waals surface area contributed by atoms with Crippen LogP contribution in [0.4, 0.5) is 0 Å². The number of aromatic nitrogens is 3. The lowest BCUT2D eigenvalue weighted by Gasteiger charge is -2.29. The highest BCUT2D eigenvalue weighted by Crippen LogP contribution is 2.39. The second-order valence-electron chi connectivity index (χ2n) is 6.19. The number of benzene rings is 1. The van der Waals surface area contributed by atoms with Crippen molar-refractivity contribution in [3.63, 3.8) is 0 Å². The number of amides is 1. The molecule has 124 valence electrons. The Labute approximate surface area is 141 Å². The molecule has 1 atom stereocenters. The molecule has 1 aliphatic carbocycles. The first-order valence-electron chi connectivity index (χ1n) is 7.52. The first-order valence-corrected chi connectivity index (χ1v) is 7.52. The van der Waals surface area contributed by atoms with E-state index >= 15 is 0 Å². The van der Waals surface area contributed by atoms with Crippen molar-refractivity contribution in [3.05, 3.63) is 42.0 Å². The van der Waals surface area contributed by atoms with Crippen LogP contribution >= 0.6 is 12.4 Å². The lowest BCUT2D eigenvalue weighted by atomic mass is 9.95. The first-order chi connectivity index (χ1) is 10.5. The monoisotopic (exact) mass is 335 g/mol. The summed E-state index contributed by atoms with van der Waals surface area (Å²) in [6, 6.07) is 5.56. The molecule has 1 amide bonds. The molecular weight excluding hydrogens is 314 g/mol. The van der Waals surface area contributed by atoms with Gasteiger partial charge in [0.05, 0.1) is 11.2 Å². The number of aryl methyl sites for hydroxylation is 1. The average molecular weight is 336 g/mol. The molecule has 3 rings (SSSR count). The summed E-state index contributed by atoms with van der Waals surface area (Å²) in [5.74, 6) is 0.421. The maximum absolute atomic E-state index is 12.5. The van der Waals surface area contributed by atoms with Crippen LogP contribution in [0.25, 0.3) is 5.69 Å². The van der Waals surface area contributed by atoms with Gasteiger partial charge in [-0.1, -0.05) is 0 Å². The van der Waals surface area contributed by atoms with Crippen LogP contribution in [0.5, 0.6) is 0 Å². The van der Waals surface area contributed by atoms with Gasteiger partial charge in [0, 0.05) is 12.1 Å². The van der Waals surface area contributed by atoms with Crippen LogP contribution in [-0.2, 0) is 0 Å². The number of hydrogen-bond donors (Lipinski definition) is 2. The zero-order valence-electron chi connectivity index (χ0n) is 13.3. The molecule has 1 unspecified atom stereocenters. The maximum Gasteiger partial charge on any atom is 0.251 e. The fraction of sp³-hybridized carbons (Fsp3) is 0.438. The van der Waals surface area contributed by atoms with E-state index in [0.717, 1.165) is 24.1 Å². The van der Waals surface area contributed by atoms with E-state index in [4.69, 9.17) is 5.73 Å². The second kappa shape index (κ2) is 6.68. The van der Waals surface area contributed by atoms with Crippen LogP contribution in [0, 0.1) is 12.8 Å². The molecule has 3 N–H and O–H groups in total. The molecule has 0 saturated heterocycles. The third kappa shape index (κ3) is 3.54. The zero-order chi connectivity index (χ0) is 15.7. The number of nitrogens with one attached hydrogen (secondary N) is 1. The van der Waals surface area contributed by atoms with Crippen molar-refractivity contribution in [2.45, 2.75) is 32.2 Å². The van der Waals surface area contributed by atoms with Gasteiger partial charge in [-0.25, -0.2) is 9.67 Å². The Morgan fingerprint density at radius 1 is 1.48 bits per heavy atom. The molecule has 0 aliphatic heterocycles. The summed E-state index contributed by atoms with van der Waals surface area (Å²) in [6.45, 7) is 4.44. The third-order valence-corrected chi connectivity index (χ3v) is 4.43. The summed E-state index contributed by atoms with van der Waals surface area (Å²) in [7, 11) is 0. The second-order valence-corrected chi connectivity index (χ2v) is 6.19. The van der Waals surface area contributed by atoms with Crippen molar-refractivity contribution in [1.82, 2.24) is 20.1 Å². The van der Waals surface area contributed by atoms with Crippen LogP contribution in [0.2, 0.25) is 0 Å². The lowest BCUT2D eigenvalue weighted by molar-refractivity contribution is 0.0897. The molecule has 1 fully saturated rings. The van der Waals surface area contributed by atoms with E-state index in [1.807, 2.05) is 32.0 Å². The number of carbonyl (C=O) groups excluding carboxylic acids is 1. The molecular formula is C16H22ClN5O. The minimum Gasteiger partial charge on any atom is -0.345 e. The Morgan fingerprint density at radius 2 is 2.22 bits per heavy atom. The van der Waals surface area contributed by atoms with Crippen molar-refractivity contribution >= 4 is 18.3 Å². The Balaban J connectivity index is 0.00000192. The quantitative estimate of drug-likeness (QED) is 0.873. The number of rotatable bonds is 5. The fourth-order valence-electron chi connectivity index (χ4n) is 2.76. The van der Waals surface area contributed by atoms with Gasteiger partial charge < -0.3 is 11.1 Å². The molecule has 23 heavy (non-hydrogen) atoms. The summed E-state index contributed by atoms with van der Waals surface area (Å²) in [6.07, 6.45) is 5.40. The smallest absolute Gasteiger partial charge is 0.251 e. The van der Waals surface area contributed by atoms with Gasteiger partial charge in [0.1, 0.15) is 12.7 Å². The van der Waals surface area contributed by atoms with Gasteiger partial charge in [0.15, 0.2) is 0 Å². The molecule has 0 bridgehead atoms. The molecule has 2 aromatic rings. The minimum absolute atomic E-state index is 0. The van der Waals surface area contributed by atoms with Crippen molar-refractivity contribution in [3.8, 4) is 5.69 Å². The predicted octanol–water partition coefficient (Wildman–Crippen LogP) is 1.85. The number of carbonyl (C=O) groups is 1. The molecule has 1 saturated carbocycles.